The molecule has 0 atom stereocenters. The van der Waals surface area contributed by atoms with Gasteiger partial charge in [-0.25, -0.2) is 0 Å². The van der Waals surface area contributed by atoms with Gasteiger partial charge in [-0.15, -0.1) is 0 Å². The van der Waals surface area contributed by atoms with Crippen molar-refractivity contribution >= 4 is 28.9 Å². The molecule has 110 valence electrons. The van der Waals surface area contributed by atoms with E-state index in [0.29, 0.717) is 13.2 Å². The molecule has 1 aromatic rings. The van der Waals surface area contributed by atoms with Crippen molar-refractivity contribution in [1.29, 1.82) is 0 Å². The first-order valence-corrected chi connectivity index (χ1v) is 6.34. The number of nitrogens with one attached hydrogen (secondary N) is 1. The molecule has 1 aromatic carbocycles. The Morgan fingerprint density at radius 3 is 2.75 bits per heavy atom. The van der Waals surface area contributed by atoms with E-state index in [1.807, 2.05) is 13.8 Å². The van der Waals surface area contributed by atoms with E-state index >= 15 is 0 Å². The summed E-state index contributed by atoms with van der Waals surface area (Å²) in [5.41, 5.74) is 5.02. The Hall–Kier alpha value is -1.86. The number of hydrogen-bond acceptors (Lipinski definition) is 5. The number of amides is 1. The molecule has 1 rings (SSSR count). The third kappa shape index (κ3) is 4.36. The minimum absolute atomic E-state index is 0.0252. The number of nitro benzene ring substituents is 1. The molecule has 0 aliphatic carbocycles. The van der Waals surface area contributed by atoms with E-state index in [4.69, 9.17) is 22.1 Å². The Labute approximate surface area is 121 Å². The summed E-state index contributed by atoms with van der Waals surface area (Å²) in [7, 11) is 0. The molecule has 0 heterocycles. The highest BCUT2D eigenvalue weighted by Crippen LogP contribution is 2.30. The lowest BCUT2D eigenvalue weighted by Gasteiger charge is -2.09. The number of nitrogens with zero attached hydrogens (tertiary/aromatic N) is 1. The first-order chi connectivity index (χ1) is 9.32. The minimum Gasteiger partial charge on any atom is -0.392 e. The van der Waals surface area contributed by atoms with E-state index in [-0.39, 0.29) is 28.1 Å². The summed E-state index contributed by atoms with van der Waals surface area (Å²) in [5, 5.41) is 13.4. The van der Waals surface area contributed by atoms with Gasteiger partial charge in [-0.05, 0) is 19.9 Å². The molecule has 0 fully saturated rings. The fraction of sp³-hybridized carbons (Fsp3) is 0.417. The number of halogens is 1. The minimum atomic E-state index is -0.681. The Morgan fingerprint density at radius 2 is 2.20 bits per heavy atom. The van der Waals surface area contributed by atoms with Crippen LogP contribution in [0.25, 0.3) is 0 Å². The highest BCUT2D eigenvalue weighted by molar-refractivity contribution is 6.34. The molecule has 0 saturated carbocycles. The van der Waals surface area contributed by atoms with Crippen molar-refractivity contribution in [1.82, 2.24) is 5.32 Å². The van der Waals surface area contributed by atoms with E-state index in [9.17, 15) is 14.9 Å². The van der Waals surface area contributed by atoms with E-state index in [0.717, 1.165) is 6.07 Å². The van der Waals surface area contributed by atoms with Crippen LogP contribution in [0, 0.1) is 10.1 Å². The first kappa shape index (κ1) is 16.2. The molecular weight excluding hydrogens is 286 g/mol. The number of hydrogen-bond donors (Lipinski definition) is 2. The molecule has 3 N–H and O–H groups in total. The maximum atomic E-state index is 11.8. The van der Waals surface area contributed by atoms with Crippen LogP contribution >= 0.6 is 11.6 Å². The van der Waals surface area contributed by atoms with Crippen LogP contribution in [0.15, 0.2) is 12.1 Å². The summed E-state index contributed by atoms with van der Waals surface area (Å²) >= 11 is 5.78. The Morgan fingerprint density at radius 1 is 1.55 bits per heavy atom. The predicted octanol–water partition coefficient (Wildman–Crippen LogP) is 1.99. The van der Waals surface area contributed by atoms with Crippen LogP contribution in [0.1, 0.15) is 24.2 Å². The Bertz CT molecular complexity index is 520. The van der Waals surface area contributed by atoms with E-state index in [1.165, 1.54) is 6.07 Å². The number of nitrogens with two attached hydrogens (primary N) is 1. The van der Waals surface area contributed by atoms with Crippen LogP contribution in [0.2, 0.25) is 5.02 Å². The standard InChI is InChI=1S/C12H16ClN3O4/c1-7(2)20-4-3-15-12(17)8-5-9(13)11(14)10(6-8)16(18)19/h5-7H,3-4,14H2,1-2H3,(H,15,17). The zero-order valence-electron chi connectivity index (χ0n) is 11.2. The maximum absolute atomic E-state index is 11.8. The average molecular weight is 302 g/mol. The summed E-state index contributed by atoms with van der Waals surface area (Å²) in [6.07, 6.45) is 0.0685. The second-order valence-corrected chi connectivity index (χ2v) is 4.73. The SMILES string of the molecule is CC(C)OCCNC(=O)c1cc(Cl)c(N)c([N+](=O)[O-])c1. The van der Waals surface area contributed by atoms with Gasteiger partial charge in [0.1, 0.15) is 5.69 Å². The summed E-state index contributed by atoms with van der Waals surface area (Å²) in [6.45, 7) is 4.41. The normalized spacial score (nSPS) is 10.6. The molecule has 8 heteroatoms. The largest absolute Gasteiger partial charge is 0.392 e. The molecule has 0 spiro atoms. The molecule has 20 heavy (non-hydrogen) atoms. The zero-order valence-corrected chi connectivity index (χ0v) is 11.9. The van der Waals surface area contributed by atoms with Crippen molar-refractivity contribution in [3.8, 4) is 0 Å². The summed E-state index contributed by atoms with van der Waals surface area (Å²) in [5.74, 6) is -0.470. The number of carbonyl (C=O) groups excluding carboxylic acids is 1. The molecule has 0 bridgehead atoms. The van der Waals surface area contributed by atoms with Gasteiger partial charge in [-0.2, -0.15) is 0 Å². The summed E-state index contributed by atoms with van der Waals surface area (Å²) in [6, 6.07) is 2.39. The smallest absolute Gasteiger partial charge is 0.294 e. The van der Waals surface area contributed by atoms with Gasteiger partial charge in [0.2, 0.25) is 0 Å². The van der Waals surface area contributed by atoms with Crippen LogP contribution in [-0.4, -0.2) is 30.1 Å². The van der Waals surface area contributed by atoms with Crippen molar-refractivity contribution < 1.29 is 14.5 Å². The van der Waals surface area contributed by atoms with Gasteiger partial charge in [0, 0.05) is 18.2 Å². The maximum Gasteiger partial charge on any atom is 0.294 e. The van der Waals surface area contributed by atoms with Crippen LogP contribution in [0.4, 0.5) is 11.4 Å². The third-order valence-electron chi connectivity index (χ3n) is 2.41. The van der Waals surface area contributed by atoms with Gasteiger partial charge in [0.15, 0.2) is 0 Å². The van der Waals surface area contributed by atoms with Crippen molar-refractivity contribution in [2.45, 2.75) is 20.0 Å². The van der Waals surface area contributed by atoms with Gasteiger partial charge in [0.05, 0.1) is 22.7 Å². The molecule has 0 aliphatic heterocycles. The predicted molar refractivity (Wildman–Crippen MR) is 75.9 cm³/mol. The van der Waals surface area contributed by atoms with Crippen LogP contribution in [-0.2, 0) is 4.74 Å². The molecule has 0 radical (unpaired) electrons. The quantitative estimate of drug-likeness (QED) is 0.361. The lowest BCUT2D eigenvalue weighted by atomic mass is 10.1. The second kappa shape index (κ2) is 7.06. The van der Waals surface area contributed by atoms with Gasteiger partial charge in [-0.1, -0.05) is 11.6 Å². The number of ether oxygens (including phenoxy) is 1. The van der Waals surface area contributed by atoms with Crippen LogP contribution in [0.3, 0.4) is 0 Å². The molecule has 0 aliphatic rings. The molecule has 7 nitrogen and oxygen atoms in total. The van der Waals surface area contributed by atoms with Gasteiger partial charge in [0.25, 0.3) is 11.6 Å². The zero-order chi connectivity index (χ0) is 15.3. The van der Waals surface area contributed by atoms with Crippen molar-refractivity contribution in [3.05, 3.63) is 32.8 Å². The Balaban J connectivity index is 2.76. The van der Waals surface area contributed by atoms with E-state index in [1.54, 1.807) is 0 Å². The summed E-state index contributed by atoms with van der Waals surface area (Å²) in [4.78, 5) is 22.0. The fourth-order valence-electron chi connectivity index (χ4n) is 1.45. The fourth-order valence-corrected chi connectivity index (χ4v) is 1.66. The first-order valence-electron chi connectivity index (χ1n) is 5.96. The number of nitro groups is 1. The van der Waals surface area contributed by atoms with Gasteiger partial charge >= 0.3 is 0 Å². The molecular formula is C12H16ClN3O4. The monoisotopic (exact) mass is 301 g/mol. The number of carbonyl (C=O) groups is 1. The number of benzene rings is 1. The number of rotatable bonds is 6. The van der Waals surface area contributed by atoms with Crippen molar-refractivity contribution in [2.24, 2.45) is 0 Å². The van der Waals surface area contributed by atoms with Crippen LogP contribution < -0.4 is 11.1 Å². The van der Waals surface area contributed by atoms with E-state index in [2.05, 4.69) is 5.32 Å². The van der Waals surface area contributed by atoms with Crippen molar-refractivity contribution in [2.75, 3.05) is 18.9 Å². The Kier molecular flexibility index (Phi) is 5.72. The summed E-state index contributed by atoms with van der Waals surface area (Å²) < 4.78 is 5.26. The number of anilines is 1. The highest BCUT2D eigenvalue weighted by atomic mass is 35.5. The van der Waals surface area contributed by atoms with Crippen molar-refractivity contribution in [3.63, 3.8) is 0 Å². The lowest BCUT2D eigenvalue weighted by molar-refractivity contribution is -0.383. The van der Waals surface area contributed by atoms with Gasteiger partial charge < -0.3 is 15.8 Å². The topological polar surface area (TPSA) is 107 Å². The molecule has 0 saturated heterocycles. The van der Waals surface area contributed by atoms with Gasteiger partial charge in [-0.3, -0.25) is 14.9 Å². The highest BCUT2D eigenvalue weighted by Gasteiger charge is 2.19. The molecule has 1 amide bonds. The molecule has 0 aromatic heterocycles. The molecule has 0 unspecified atom stereocenters. The lowest BCUT2D eigenvalue weighted by Crippen LogP contribution is -2.28. The van der Waals surface area contributed by atoms with E-state index < -0.39 is 10.8 Å². The second-order valence-electron chi connectivity index (χ2n) is 4.32. The average Bonchev–Trinajstić information content (AvgIpc) is 2.36. The van der Waals surface area contributed by atoms with Crippen LogP contribution in [0.5, 0.6) is 0 Å². The third-order valence-corrected chi connectivity index (χ3v) is 2.72. The number of nitrogen functional groups attached to an aromatic ring is 1.